The Kier molecular flexibility index (Phi) is 2.86. The number of hydrogen-bond donors (Lipinski definition) is 2. The Bertz CT molecular complexity index is 516. The number of aromatic nitrogens is 2. The minimum absolute atomic E-state index is 0.211. The van der Waals surface area contributed by atoms with Crippen molar-refractivity contribution in [3.05, 3.63) is 35.9 Å². The van der Waals surface area contributed by atoms with Crippen molar-refractivity contribution < 1.29 is 9.21 Å². The first-order chi connectivity index (χ1) is 8.09. The van der Waals surface area contributed by atoms with Crippen molar-refractivity contribution in [1.82, 2.24) is 15.1 Å². The van der Waals surface area contributed by atoms with Gasteiger partial charge in [-0.25, -0.2) is 0 Å². The number of nitrogens with zero attached hydrogens (tertiary/aromatic N) is 2. The van der Waals surface area contributed by atoms with Crippen LogP contribution in [0.25, 0.3) is 0 Å². The standard InChI is InChI=1S/C11H14N4O2/c1-7(9-4-3-5-17-9)14-11(16)8-6-13-15(2)10(8)12/h3-7H,12H2,1-2H3,(H,14,16). The number of nitrogens with one attached hydrogen (secondary N) is 1. The molecule has 17 heavy (non-hydrogen) atoms. The molecule has 0 saturated carbocycles. The van der Waals surface area contributed by atoms with Crippen LogP contribution in [0, 0.1) is 0 Å². The van der Waals surface area contributed by atoms with Crippen molar-refractivity contribution in [2.24, 2.45) is 7.05 Å². The Labute approximate surface area is 98.4 Å². The zero-order valence-electron chi connectivity index (χ0n) is 9.68. The number of carbonyl (C=O) groups excluding carboxylic acids is 1. The van der Waals surface area contributed by atoms with E-state index < -0.39 is 0 Å². The van der Waals surface area contributed by atoms with Crippen LogP contribution in [-0.4, -0.2) is 15.7 Å². The lowest BCUT2D eigenvalue weighted by molar-refractivity contribution is 0.0936. The van der Waals surface area contributed by atoms with Gasteiger partial charge in [0.1, 0.15) is 17.1 Å². The van der Waals surface area contributed by atoms with Gasteiger partial charge >= 0.3 is 0 Å². The van der Waals surface area contributed by atoms with Crippen LogP contribution in [0.2, 0.25) is 0 Å². The molecule has 1 atom stereocenters. The molecule has 0 aromatic carbocycles. The first-order valence-electron chi connectivity index (χ1n) is 5.21. The number of amides is 1. The second-order valence-corrected chi connectivity index (χ2v) is 3.78. The normalized spacial score (nSPS) is 12.4. The van der Waals surface area contributed by atoms with E-state index in [1.165, 1.54) is 10.9 Å². The van der Waals surface area contributed by atoms with Gasteiger partial charge in [-0.2, -0.15) is 5.10 Å². The maximum Gasteiger partial charge on any atom is 0.257 e. The molecule has 2 aromatic rings. The first-order valence-corrected chi connectivity index (χ1v) is 5.21. The monoisotopic (exact) mass is 234 g/mol. The van der Waals surface area contributed by atoms with Crippen molar-refractivity contribution in [3.63, 3.8) is 0 Å². The molecule has 6 heteroatoms. The molecule has 2 aromatic heterocycles. The topological polar surface area (TPSA) is 86.1 Å². The Morgan fingerprint density at radius 2 is 2.41 bits per heavy atom. The van der Waals surface area contributed by atoms with Gasteiger partial charge in [0.2, 0.25) is 0 Å². The molecule has 90 valence electrons. The molecule has 6 nitrogen and oxygen atoms in total. The van der Waals surface area contributed by atoms with Gasteiger partial charge in [0, 0.05) is 7.05 Å². The zero-order valence-corrected chi connectivity index (χ0v) is 9.68. The molecular formula is C11H14N4O2. The summed E-state index contributed by atoms with van der Waals surface area (Å²) in [6, 6.07) is 3.37. The Balaban J connectivity index is 2.10. The van der Waals surface area contributed by atoms with E-state index in [1.807, 2.05) is 6.92 Å². The van der Waals surface area contributed by atoms with E-state index in [4.69, 9.17) is 10.2 Å². The second kappa shape index (κ2) is 4.32. The highest BCUT2D eigenvalue weighted by atomic mass is 16.3. The van der Waals surface area contributed by atoms with Gasteiger partial charge in [0.25, 0.3) is 5.91 Å². The lowest BCUT2D eigenvalue weighted by Crippen LogP contribution is -2.26. The smallest absolute Gasteiger partial charge is 0.257 e. The number of carbonyl (C=O) groups is 1. The summed E-state index contributed by atoms with van der Waals surface area (Å²) in [4.78, 5) is 11.9. The SMILES string of the molecule is CC(NC(=O)c1cnn(C)c1N)c1ccco1. The highest BCUT2D eigenvalue weighted by molar-refractivity contribution is 5.98. The number of nitrogen functional groups attached to an aromatic ring is 1. The fraction of sp³-hybridized carbons (Fsp3) is 0.273. The number of rotatable bonds is 3. The van der Waals surface area contributed by atoms with Gasteiger partial charge in [-0.1, -0.05) is 0 Å². The van der Waals surface area contributed by atoms with E-state index in [-0.39, 0.29) is 11.9 Å². The molecular weight excluding hydrogens is 220 g/mol. The number of nitrogens with two attached hydrogens (primary N) is 1. The zero-order chi connectivity index (χ0) is 12.4. The first kappa shape index (κ1) is 11.3. The van der Waals surface area contributed by atoms with Crippen LogP contribution in [0.5, 0.6) is 0 Å². The number of anilines is 1. The van der Waals surface area contributed by atoms with Crippen LogP contribution in [0.3, 0.4) is 0 Å². The predicted octanol–water partition coefficient (Wildman–Crippen LogP) is 1.09. The average Bonchev–Trinajstić information content (AvgIpc) is 2.90. The molecule has 0 spiro atoms. The molecule has 0 bridgehead atoms. The summed E-state index contributed by atoms with van der Waals surface area (Å²) in [5.41, 5.74) is 6.08. The summed E-state index contributed by atoms with van der Waals surface area (Å²) in [6.45, 7) is 1.84. The fourth-order valence-electron chi connectivity index (χ4n) is 1.51. The number of hydrogen-bond acceptors (Lipinski definition) is 4. The molecule has 0 saturated heterocycles. The van der Waals surface area contributed by atoms with Crippen LogP contribution < -0.4 is 11.1 Å². The van der Waals surface area contributed by atoms with Gasteiger partial charge in [-0.15, -0.1) is 0 Å². The van der Waals surface area contributed by atoms with Crippen molar-refractivity contribution in [1.29, 1.82) is 0 Å². The molecule has 0 aliphatic carbocycles. The summed E-state index contributed by atoms with van der Waals surface area (Å²) < 4.78 is 6.65. The number of furan rings is 1. The lowest BCUT2D eigenvalue weighted by Gasteiger charge is -2.10. The third-order valence-corrected chi connectivity index (χ3v) is 2.55. The van der Waals surface area contributed by atoms with Crippen molar-refractivity contribution in [2.45, 2.75) is 13.0 Å². The predicted molar refractivity (Wildman–Crippen MR) is 62.2 cm³/mol. The van der Waals surface area contributed by atoms with Gasteiger partial charge in [0.05, 0.1) is 18.5 Å². The average molecular weight is 234 g/mol. The summed E-state index contributed by atoms with van der Waals surface area (Å²) in [5, 5.41) is 6.70. The molecule has 0 radical (unpaired) electrons. The maximum absolute atomic E-state index is 11.9. The van der Waals surface area contributed by atoms with Gasteiger partial charge in [0.15, 0.2) is 0 Å². The van der Waals surface area contributed by atoms with Crippen LogP contribution in [0.4, 0.5) is 5.82 Å². The third-order valence-electron chi connectivity index (χ3n) is 2.55. The summed E-state index contributed by atoms with van der Waals surface area (Å²) >= 11 is 0. The van der Waals surface area contributed by atoms with Crippen LogP contribution >= 0.6 is 0 Å². The van der Waals surface area contributed by atoms with E-state index >= 15 is 0 Å². The van der Waals surface area contributed by atoms with Gasteiger partial charge in [-0.05, 0) is 19.1 Å². The van der Waals surface area contributed by atoms with E-state index in [2.05, 4.69) is 10.4 Å². The quantitative estimate of drug-likeness (QED) is 0.832. The highest BCUT2D eigenvalue weighted by Gasteiger charge is 2.17. The highest BCUT2D eigenvalue weighted by Crippen LogP contribution is 2.15. The van der Waals surface area contributed by atoms with E-state index in [0.717, 1.165) is 0 Å². The molecule has 2 rings (SSSR count). The van der Waals surface area contributed by atoms with E-state index in [1.54, 1.807) is 25.4 Å². The Morgan fingerprint density at radius 3 is 2.94 bits per heavy atom. The molecule has 3 N–H and O–H groups in total. The molecule has 0 fully saturated rings. The lowest BCUT2D eigenvalue weighted by atomic mass is 10.2. The van der Waals surface area contributed by atoms with Gasteiger partial charge < -0.3 is 15.5 Å². The molecule has 0 aliphatic heterocycles. The maximum atomic E-state index is 11.9. The minimum Gasteiger partial charge on any atom is -0.467 e. The largest absolute Gasteiger partial charge is 0.467 e. The van der Waals surface area contributed by atoms with Crippen molar-refractivity contribution >= 4 is 11.7 Å². The summed E-state index contributed by atoms with van der Waals surface area (Å²) in [6.07, 6.45) is 3.01. The second-order valence-electron chi connectivity index (χ2n) is 3.78. The fourth-order valence-corrected chi connectivity index (χ4v) is 1.51. The Hall–Kier alpha value is -2.24. The minimum atomic E-state index is -0.264. The summed E-state index contributed by atoms with van der Waals surface area (Å²) in [7, 11) is 1.68. The van der Waals surface area contributed by atoms with Crippen molar-refractivity contribution in [2.75, 3.05) is 5.73 Å². The molecule has 0 aliphatic rings. The van der Waals surface area contributed by atoms with Crippen LogP contribution in [0.1, 0.15) is 29.1 Å². The molecule has 2 heterocycles. The third kappa shape index (κ3) is 2.15. The summed E-state index contributed by atoms with van der Waals surface area (Å²) in [5.74, 6) is 0.773. The van der Waals surface area contributed by atoms with Crippen LogP contribution in [-0.2, 0) is 7.05 Å². The Morgan fingerprint density at radius 1 is 1.65 bits per heavy atom. The van der Waals surface area contributed by atoms with Gasteiger partial charge in [-0.3, -0.25) is 9.48 Å². The van der Waals surface area contributed by atoms with Crippen LogP contribution in [0.15, 0.2) is 29.0 Å². The van der Waals surface area contributed by atoms with E-state index in [0.29, 0.717) is 17.1 Å². The van der Waals surface area contributed by atoms with Crippen molar-refractivity contribution in [3.8, 4) is 0 Å². The number of aryl methyl sites for hydroxylation is 1. The van der Waals surface area contributed by atoms with E-state index in [9.17, 15) is 4.79 Å². The molecule has 1 amide bonds. The molecule has 1 unspecified atom stereocenters.